The number of benzene rings is 3. The number of ether oxygens (including phenoxy) is 2. The Morgan fingerprint density at radius 2 is 1.59 bits per heavy atom. The summed E-state index contributed by atoms with van der Waals surface area (Å²) >= 11 is 0. The normalized spacial score (nSPS) is 13.3. The fraction of sp³-hybridized carbons (Fsp3) is 0.154. The summed E-state index contributed by atoms with van der Waals surface area (Å²) in [6.45, 7) is 1.57. The highest BCUT2D eigenvalue weighted by molar-refractivity contribution is 6.21. The van der Waals surface area contributed by atoms with Crippen molar-refractivity contribution < 1.29 is 28.7 Å². The summed E-state index contributed by atoms with van der Waals surface area (Å²) in [6, 6.07) is 20.2. The second-order valence-corrected chi connectivity index (χ2v) is 7.68. The summed E-state index contributed by atoms with van der Waals surface area (Å²) in [5.74, 6) is -1.77. The van der Waals surface area contributed by atoms with Crippen LogP contribution in [0.1, 0.15) is 43.6 Å². The Labute approximate surface area is 196 Å². The van der Waals surface area contributed by atoms with Crippen LogP contribution in [0.4, 0.5) is 5.69 Å². The third-order valence-corrected chi connectivity index (χ3v) is 5.41. The Morgan fingerprint density at radius 1 is 0.912 bits per heavy atom. The maximum Gasteiger partial charge on any atom is 0.338 e. The third-order valence-electron chi connectivity index (χ3n) is 5.41. The predicted molar refractivity (Wildman–Crippen MR) is 124 cm³/mol. The van der Waals surface area contributed by atoms with Gasteiger partial charge >= 0.3 is 5.97 Å². The Hall–Kier alpha value is -4.46. The number of methoxy groups -OCH3 is 1. The zero-order chi connectivity index (χ0) is 24.2. The molecular weight excluding hydrogens is 436 g/mol. The number of nitrogens with zero attached hydrogens (tertiary/aromatic N) is 1. The summed E-state index contributed by atoms with van der Waals surface area (Å²) in [5.41, 5.74) is 1.67. The summed E-state index contributed by atoms with van der Waals surface area (Å²) in [5, 5.41) is 2.65. The van der Waals surface area contributed by atoms with Crippen LogP contribution in [-0.2, 0) is 16.1 Å². The summed E-state index contributed by atoms with van der Waals surface area (Å²) in [7, 11) is 1.48. The van der Waals surface area contributed by atoms with Gasteiger partial charge < -0.3 is 14.8 Å². The molecule has 34 heavy (non-hydrogen) atoms. The van der Waals surface area contributed by atoms with E-state index in [0.717, 1.165) is 10.5 Å². The zero-order valence-electron chi connectivity index (χ0n) is 18.6. The van der Waals surface area contributed by atoms with Crippen LogP contribution in [0, 0.1) is 0 Å². The van der Waals surface area contributed by atoms with E-state index in [2.05, 4.69) is 5.32 Å². The topological polar surface area (TPSA) is 102 Å². The van der Waals surface area contributed by atoms with Crippen molar-refractivity contribution in [2.45, 2.75) is 19.6 Å². The molecule has 3 amide bonds. The molecule has 8 heteroatoms. The number of anilines is 1. The van der Waals surface area contributed by atoms with Crippen molar-refractivity contribution in [2.24, 2.45) is 0 Å². The van der Waals surface area contributed by atoms with Crippen molar-refractivity contribution in [3.8, 4) is 5.75 Å². The van der Waals surface area contributed by atoms with E-state index in [4.69, 9.17) is 9.47 Å². The lowest BCUT2D eigenvalue weighted by molar-refractivity contribution is -0.123. The third kappa shape index (κ3) is 4.52. The molecule has 0 bridgehead atoms. The summed E-state index contributed by atoms with van der Waals surface area (Å²) < 4.78 is 10.5. The molecular formula is C26H22N2O6. The van der Waals surface area contributed by atoms with E-state index in [1.54, 1.807) is 24.3 Å². The number of rotatable bonds is 7. The molecule has 0 fully saturated rings. The number of fused-ring (bicyclic) bond motifs is 1. The average Bonchev–Trinajstić information content (AvgIpc) is 3.09. The number of hydrogen-bond acceptors (Lipinski definition) is 6. The second kappa shape index (κ2) is 9.58. The fourth-order valence-electron chi connectivity index (χ4n) is 3.59. The van der Waals surface area contributed by atoms with Crippen LogP contribution in [0.3, 0.4) is 0 Å². The van der Waals surface area contributed by atoms with Gasteiger partial charge in [-0.15, -0.1) is 0 Å². The van der Waals surface area contributed by atoms with Gasteiger partial charge in [-0.3, -0.25) is 19.3 Å². The van der Waals surface area contributed by atoms with E-state index >= 15 is 0 Å². The fourth-order valence-corrected chi connectivity index (χ4v) is 3.59. The number of hydrogen-bond donors (Lipinski definition) is 1. The molecule has 0 aromatic heterocycles. The van der Waals surface area contributed by atoms with Crippen molar-refractivity contribution >= 4 is 29.4 Å². The van der Waals surface area contributed by atoms with Crippen LogP contribution in [0.15, 0.2) is 72.8 Å². The molecule has 3 aromatic rings. The first kappa shape index (κ1) is 22.7. The van der Waals surface area contributed by atoms with Gasteiger partial charge in [0.2, 0.25) is 0 Å². The molecule has 0 spiro atoms. The number of carbonyl (C=O) groups is 4. The largest absolute Gasteiger partial charge is 0.495 e. The van der Waals surface area contributed by atoms with Gasteiger partial charge in [0.25, 0.3) is 17.7 Å². The van der Waals surface area contributed by atoms with Gasteiger partial charge in [-0.1, -0.05) is 42.5 Å². The van der Waals surface area contributed by atoms with Gasteiger partial charge in [0.1, 0.15) is 5.75 Å². The number of esters is 1. The van der Waals surface area contributed by atoms with Crippen LogP contribution >= 0.6 is 0 Å². The molecule has 1 atom stereocenters. The lowest BCUT2D eigenvalue weighted by Crippen LogP contribution is -2.30. The van der Waals surface area contributed by atoms with Crippen LogP contribution in [0.5, 0.6) is 5.75 Å². The molecule has 4 rings (SSSR count). The van der Waals surface area contributed by atoms with Gasteiger partial charge in [-0.2, -0.15) is 0 Å². The maximum atomic E-state index is 12.9. The first-order valence-electron chi connectivity index (χ1n) is 10.6. The Kier molecular flexibility index (Phi) is 6.40. The minimum atomic E-state index is -1.11. The smallest absolute Gasteiger partial charge is 0.338 e. The van der Waals surface area contributed by atoms with Gasteiger partial charge in [-0.05, 0) is 42.8 Å². The molecule has 1 aliphatic heterocycles. The minimum Gasteiger partial charge on any atom is -0.495 e. The first-order chi connectivity index (χ1) is 16.4. The molecule has 1 heterocycles. The highest BCUT2D eigenvalue weighted by atomic mass is 16.5. The number of imide groups is 1. The van der Waals surface area contributed by atoms with Crippen molar-refractivity contribution in [1.82, 2.24) is 4.90 Å². The van der Waals surface area contributed by atoms with E-state index in [9.17, 15) is 19.2 Å². The molecule has 1 N–H and O–H groups in total. The quantitative estimate of drug-likeness (QED) is 0.428. The highest BCUT2D eigenvalue weighted by Gasteiger charge is 2.36. The molecule has 0 saturated carbocycles. The highest BCUT2D eigenvalue weighted by Crippen LogP contribution is 2.26. The van der Waals surface area contributed by atoms with Crippen molar-refractivity contribution in [2.75, 3.05) is 12.4 Å². The number of amides is 3. The van der Waals surface area contributed by atoms with E-state index in [0.29, 0.717) is 11.4 Å². The Balaban J connectivity index is 1.45. The molecule has 0 saturated heterocycles. The number of nitrogens with one attached hydrogen (secondary N) is 1. The average molecular weight is 458 g/mol. The van der Waals surface area contributed by atoms with Crippen LogP contribution in [-0.4, -0.2) is 41.8 Å². The van der Waals surface area contributed by atoms with E-state index < -0.39 is 29.8 Å². The molecule has 172 valence electrons. The van der Waals surface area contributed by atoms with E-state index in [-0.39, 0.29) is 23.2 Å². The standard InChI is InChI=1S/C26H22N2O6/c1-16(23(29)27-21-10-6-7-11-22(21)33-2)34-26(32)18-12-13-19-20(14-18)25(31)28(24(19)30)15-17-8-4-3-5-9-17/h3-14,16H,15H2,1-2H3,(H,27,29). The van der Waals surface area contributed by atoms with Gasteiger partial charge in [0.05, 0.1) is 36.0 Å². The van der Waals surface area contributed by atoms with Crippen LogP contribution in [0.25, 0.3) is 0 Å². The van der Waals surface area contributed by atoms with Crippen molar-refractivity contribution in [1.29, 1.82) is 0 Å². The molecule has 0 radical (unpaired) electrons. The van der Waals surface area contributed by atoms with Crippen LogP contribution < -0.4 is 10.1 Å². The lowest BCUT2D eigenvalue weighted by Gasteiger charge is -2.15. The van der Waals surface area contributed by atoms with Gasteiger partial charge in [0.15, 0.2) is 6.10 Å². The molecule has 8 nitrogen and oxygen atoms in total. The van der Waals surface area contributed by atoms with E-state index in [1.807, 2.05) is 30.3 Å². The lowest BCUT2D eigenvalue weighted by atomic mass is 10.1. The molecule has 3 aromatic carbocycles. The van der Waals surface area contributed by atoms with Crippen molar-refractivity contribution in [3.05, 3.63) is 95.1 Å². The van der Waals surface area contributed by atoms with Gasteiger partial charge in [-0.25, -0.2) is 4.79 Å². The Bertz CT molecular complexity index is 1270. The van der Waals surface area contributed by atoms with E-state index in [1.165, 1.54) is 32.2 Å². The first-order valence-corrected chi connectivity index (χ1v) is 10.6. The molecule has 1 aliphatic rings. The molecule has 0 aliphatic carbocycles. The number of carbonyl (C=O) groups excluding carboxylic acids is 4. The molecule has 1 unspecified atom stereocenters. The summed E-state index contributed by atoms with van der Waals surface area (Å²) in [4.78, 5) is 51.9. The van der Waals surface area contributed by atoms with Gasteiger partial charge in [0, 0.05) is 0 Å². The van der Waals surface area contributed by atoms with Crippen molar-refractivity contribution in [3.63, 3.8) is 0 Å². The number of para-hydroxylation sites is 2. The zero-order valence-corrected chi connectivity index (χ0v) is 18.6. The minimum absolute atomic E-state index is 0.0680. The Morgan fingerprint density at radius 3 is 2.32 bits per heavy atom. The second-order valence-electron chi connectivity index (χ2n) is 7.68. The maximum absolute atomic E-state index is 12.9. The predicted octanol–water partition coefficient (Wildman–Crippen LogP) is 3.68. The monoisotopic (exact) mass is 458 g/mol. The SMILES string of the molecule is COc1ccccc1NC(=O)C(C)OC(=O)c1ccc2c(c1)C(=O)N(Cc1ccccc1)C2=O. The summed E-state index contributed by atoms with van der Waals surface area (Å²) in [6.07, 6.45) is -1.11. The van der Waals surface area contributed by atoms with Crippen LogP contribution in [0.2, 0.25) is 0 Å².